The van der Waals surface area contributed by atoms with Crippen molar-refractivity contribution in [1.29, 1.82) is 0 Å². The molecule has 0 saturated heterocycles. The summed E-state index contributed by atoms with van der Waals surface area (Å²) in [5, 5.41) is 3.03. The molecule has 0 aliphatic rings. The van der Waals surface area contributed by atoms with Gasteiger partial charge >= 0.3 is 0 Å². The minimum Gasteiger partial charge on any atom is -1.00 e. The number of halogens is 2. The summed E-state index contributed by atoms with van der Waals surface area (Å²) in [5.41, 5.74) is 0.610. The second kappa shape index (κ2) is 11.4. The SMILES string of the molecule is FC(c1cccc(Oc2ccccc2)c1)[P+](c1ccccc1)(c1ccccc1)c1ccccc1.[Br-]. The first-order valence-corrected chi connectivity index (χ1v) is 13.2. The molecule has 0 bridgehead atoms. The Balaban J connectivity index is 0.00000289. The van der Waals surface area contributed by atoms with Crippen LogP contribution in [0, 0.1) is 0 Å². The van der Waals surface area contributed by atoms with Gasteiger partial charge in [0, 0.05) is 5.56 Å². The summed E-state index contributed by atoms with van der Waals surface area (Å²) >= 11 is 0. The van der Waals surface area contributed by atoms with Gasteiger partial charge in [-0.1, -0.05) is 84.9 Å². The van der Waals surface area contributed by atoms with Gasteiger partial charge in [0.25, 0.3) is 0 Å². The lowest BCUT2D eigenvalue weighted by Gasteiger charge is -2.30. The zero-order valence-electron chi connectivity index (χ0n) is 19.0. The Morgan fingerprint density at radius 1 is 0.486 bits per heavy atom. The largest absolute Gasteiger partial charge is 1.00 e. The first kappa shape index (κ1) is 24.9. The molecule has 0 aliphatic carbocycles. The van der Waals surface area contributed by atoms with Crippen molar-refractivity contribution >= 4 is 23.2 Å². The van der Waals surface area contributed by atoms with Crippen LogP contribution in [0.5, 0.6) is 11.5 Å². The zero-order chi connectivity index (χ0) is 23.2. The van der Waals surface area contributed by atoms with Crippen LogP contribution in [-0.4, -0.2) is 0 Å². The van der Waals surface area contributed by atoms with Crippen molar-refractivity contribution in [3.8, 4) is 11.5 Å². The van der Waals surface area contributed by atoms with Gasteiger partial charge in [0.2, 0.25) is 5.91 Å². The van der Waals surface area contributed by atoms with Gasteiger partial charge in [0.1, 0.15) is 27.4 Å². The number of alkyl halides is 1. The van der Waals surface area contributed by atoms with E-state index in [-0.39, 0.29) is 17.0 Å². The lowest BCUT2D eigenvalue weighted by Crippen LogP contribution is -3.00. The van der Waals surface area contributed by atoms with E-state index < -0.39 is 13.2 Å². The van der Waals surface area contributed by atoms with Crippen LogP contribution in [0.15, 0.2) is 146 Å². The van der Waals surface area contributed by atoms with Crippen LogP contribution in [0.2, 0.25) is 0 Å². The van der Waals surface area contributed by atoms with Gasteiger partial charge in [-0.15, -0.1) is 0 Å². The quantitative estimate of drug-likeness (QED) is 0.276. The van der Waals surface area contributed by atoms with Gasteiger partial charge in [0.15, 0.2) is 7.26 Å². The van der Waals surface area contributed by atoms with Gasteiger partial charge in [-0.05, 0) is 60.7 Å². The maximum atomic E-state index is 17.2. The summed E-state index contributed by atoms with van der Waals surface area (Å²) in [7, 11) is -2.69. The van der Waals surface area contributed by atoms with Gasteiger partial charge in [-0.3, -0.25) is 0 Å². The molecule has 0 saturated carbocycles. The van der Waals surface area contributed by atoms with E-state index in [1.54, 1.807) is 0 Å². The van der Waals surface area contributed by atoms with Crippen LogP contribution < -0.4 is 37.6 Å². The fourth-order valence-electron chi connectivity index (χ4n) is 4.40. The number of benzene rings is 5. The van der Waals surface area contributed by atoms with Gasteiger partial charge in [-0.25, -0.2) is 0 Å². The minimum atomic E-state index is -2.69. The van der Waals surface area contributed by atoms with Crippen molar-refractivity contribution < 1.29 is 26.1 Å². The number of hydrogen-bond donors (Lipinski definition) is 0. The van der Waals surface area contributed by atoms with Gasteiger partial charge < -0.3 is 21.7 Å². The molecule has 5 rings (SSSR count). The molecule has 1 atom stereocenters. The molecule has 0 heterocycles. The highest BCUT2D eigenvalue weighted by Gasteiger charge is 2.54. The summed E-state index contributed by atoms with van der Waals surface area (Å²) in [4.78, 5) is 0. The molecule has 0 radical (unpaired) electrons. The Labute approximate surface area is 217 Å². The molecular formula is C31H25BrFOP. The zero-order valence-corrected chi connectivity index (χ0v) is 21.5. The summed E-state index contributed by atoms with van der Waals surface area (Å²) < 4.78 is 23.3. The maximum absolute atomic E-state index is 17.2. The lowest BCUT2D eigenvalue weighted by molar-refractivity contribution is -0.00000755. The molecule has 1 unspecified atom stereocenters. The second-order valence-corrected chi connectivity index (χ2v) is 11.5. The molecule has 0 aliphatic heterocycles. The van der Waals surface area contributed by atoms with E-state index in [0.29, 0.717) is 11.3 Å². The molecule has 1 nitrogen and oxygen atoms in total. The van der Waals surface area contributed by atoms with E-state index in [2.05, 4.69) is 36.4 Å². The topological polar surface area (TPSA) is 9.23 Å². The molecule has 0 amide bonds. The van der Waals surface area contributed by atoms with Crippen molar-refractivity contribution in [2.45, 2.75) is 5.91 Å². The van der Waals surface area contributed by atoms with Crippen molar-refractivity contribution in [1.82, 2.24) is 0 Å². The first-order chi connectivity index (χ1) is 16.8. The van der Waals surface area contributed by atoms with E-state index in [0.717, 1.165) is 21.7 Å². The lowest BCUT2D eigenvalue weighted by atomic mass is 10.2. The minimum absolute atomic E-state index is 0. The van der Waals surface area contributed by atoms with Crippen molar-refractivity contribution in [2.75, 3.05) is 0 Å². The highest BCUT2D eigenvalue weighted by atomic mass is 79.9. The average molecular weight is 543 g/mol. The van der Waals surface area contributed by atoms with E-state index >= 15 is 4.39 Å². The summed E-state index contributed by atoms with van der Waals surface area (Å²) in [5.74, 6) is 0.1000. The van der Waals surface area contributed by atoms with Gasteiger partial charge in [-0.2, -0.15) is 4.39 Å². The highest BCUT2D eigenvalue weighted by molar-refractivity contribution is 7.95. The van der Waals surface area contributed by atoms with Gasteiger partial charge in [0.05, 0.1) is 0 Å². The third-order valence-corrected chi connectivity index (χ3v) is 10.3. The smallest absolute Gasteiger partial charge is 0.244 e. The molecule has 174 valence electrons. The Kier molecular flexibility index (Phi) is 8.13. The van der Waals surface area contributed by atoms with E-state index in [1.807, 2.05) is 109 Å². The number of rotatable bonds is 7. The Morgan fingerprint density at radius 2 is 0.886 bits per heavy atom. The highest BCUT2D eigenvalue weighted by Crippen LogP contribution is 2.67. The van der Waals surface area contributed by atoms with Crippen LogP contribution in [0.1, 0.15) is 11.5 Å². The molecule has 5 aromatic carbocycles. The first-order valence-electron chi connectivity index (χ1n) is 11.3. The average Bonchev–Trinajstić information content (AvgIpc) is 2.92. The summed E-state index contributed by atoms with van der Waals surface area (Å²) in [6.07, 6.45) is 0. The van der Waals surface area contributed by atoms with E-state index in [1.165, 1.54) is 0 Å². The number of hydrogen-bond acceptors (Lipinski definition) is 1. The molecule has 5 aromatic rings. The second-order valence-electron chi connectivity index (χ2n) is 8.05. The van der Waals surface area contributed by atoms with Crippen LogP contribution >= 0.6 is 7.26 Å². The molecule has 4 heteroatoms. The molecule has 0 N–H and O–H groups in total. The van der Waals surface area contributed by atoms with E-state index in [9.17, 15) is 0 Å². The number of para-hydroxylation sites is 1. The molecule has 35 heavy (non-hydrogen) atoms. The summed E-state index contributed by atoms with van der Waals surface area (Å²) in [6, 6.07) is 47.3. The fourth-order valence-corrected chi connectivity index (χ4v) is 8.62. The van der Waals surface area contributed by atoms with E-state index in [4.69, 9.17) is 4.74 Å². The number of ether oxygens (including phenoxy) is 1. The normalized spacial score (nSPS) is 11.8. The van der Waals surface area contributed by atoms with Crippen molar-refractivity contribution in [2.24, 2.45) is 0 Å². The Hall–Kier alpha value is -3.26. The molecule has 0 spiro atoms. The molecular weight excluding hydrogens is 518 g/mol. The predicted molar refractivity (Wildman–Crippen MR) is 142 cm³/mol. The van der Waals surface area contributed by atoms with Crippen molar-refractivity contribution in [3.63, 3.8) is 0 Å². The third-order valence-electron chi connectivity index (χ3n) is 5.94. The summed E-state index contributed by atoms with van der Waals surface area (Å²) in [6.45, 7) is 0. The molecule has 0 aromatic heterocycles. The maximum Gasteiger partial charge on any atom is 0.244 e. The van der Waals surface area contributed by atoms with Crippen molar-refractivity contribution in [3.05, 3.63) is 151 Å². The monoisotopic (exact) mass is 542 g/mol. The van der Waals surface area contributed by atoms with Crippen LogP contribution in [-0.2, 0) is 0 Å². The fraction of sp³-hybridized carbons (Fsp3) is 0.0323. The van der Waals surface area contributed by atoms with Crippen LogP contribution in [0.3, 0.4) is 0 Å². The van der Waals surface area contributed by atoms with Crippen LogP contribution in [0.25, 0.3) is 0 Å². The molecule has 0 fully saturated rings. The standard InChI is InChI=1S/C31H25FOP.BrH/c32-31(25-14-13-17-27(24-25)33-26-15-5-1-6-16-26)34(28-18-7-2-8-19-28,29-20-9-3-10-21-29)30-22-11-4-12-23-30;/h1-24,31H;1H/q+1;/p-1. The van der Waals surface area contributed by atoms with Crippen LogP contribution in [0.4, 0.5) is 4.39 Å². The Bertz CT molecular complexity index is 1240. The third kappa shape index (κ3) is 5.07. The predicted octanol–water partition coefficient (Wildman–Crippen LogP) is 4.45. The Morgan fingerprint density at radius 3 is 1.34 bits per heavy atom.